The van der Waals surface area contributed by atoms with Crippen molar-refractivity contribution in [2.45, 2.75) is 243 Å². The van der Waals surface area contributed by atoms with Crippen LogP contribution >= 0.6 is 0 Å². The number of benzene rings is 3. The predicted molar refractivity (Wildman–Crippen MR) is 308 cm³/mol. The van der Waals surface area contributed by atoms with Gasteiger partial charge in [0, 0.05) is 52.7 Å². The van der Waals surface area contributed by atoms with Crippen LogP contribution in [-0.4, -0.2) is 60.7 Å². The summed E-state index contributed by atoms with van der Waals surface area (Å²) in [7, 11) is 1.92. The lowest BCUT2D eigenvalue weighted by atomic mass is 9.79. The molecule has 0 unspecified atom stereocenters. The van der Waals surface area contributed by atoms with Gasteiger partial charge in [0.2, 0.25) is 0 Å². The summed E-state index contributed by atoms with van der Waals surface area (Å²) in [6.07, 6.45) is -2.42. The van der Waals surface area contributed by atoms with Gasteiger partial charge in [0.15, 0.2) is 0 Å². The molecule has 0 atom stereocenters. The lowest BCUT2D eigenvalue weighted by Crippen LogP contribution is -2.42. The first-order chi connectivity index (χ1) is 34.3. The Morgan fingerprint density at radius 2 is 0.623 bits per heavy atom. The van der Waals surface area contributed by atoms with Gasteiger partial charge in [-0.2, -0.15) is 0 Å². The largest absolute Gasteiger partial charge is 0.514 e. The molecule has 14 heteroatoms. The van der Waals surface area contributed by atoms with Crippen molar-refractivity contribution in [3.05, 3.63) is 69.8 Å². The van der Waals surface area contributed by atoms with Crippen LogP contribution in [0.1, 0.15) is 227 Å². The Bertz CT molecular complexity index is 2490. The summed E-state index contributed by atoms with van der Waals surface area (Å²) in [5.41, 5.74) is -0.404. The number of amides is 2. The zero-order valence-corrected chi connectivity index (χ0v) is 52.3. The molecular formula is C63H95N3O11. The van der Waals surface area contributed by atoms with E-state index >= 15 is 9.59 Å². The van der Waals surface area contributed by atoms with E-state index in [9.17, 15) is 14.4 Å². The van der Waals surface area contributed by atoms with E-state index in [2.05, 4.69) is 41.5 Å². The van der Waals surface area contributed by atoms with Gasteiger partial charge in [-0.3, -0.25) is 9.59 Å². The molecule has 1 heterocycles. The minimum atomic E-state index is -1.17. The average Bonchev–Trinajstić information content (AvgIpc) is 3.43. The minimum Gasteiger partial charge on any atom is -0.428 e. The van der Waals surface area contributed by atoms with Crippen LogP contribution in [0.2, 0.25) is 0 Å². The molecule has 1 aliphatic rings. The zero-order valence-electron chi connectivity index (χ0n) is 52.3. The van der Waals surface area contributed by atoms with Crippen molar-refractivity contribution in [2.24, 2.45) is 5.92 Å². The maximum absolute atomic E-state index is 15.7. The second kappa shape index (κ2) is 21.5. The number of rotatable bonds is 9. The van der Waals surface area contributed by atoms with Crippen LogP contribution in [0, 0.1) is 5.92 Å². The molecule has 0 bridgehead atoms. The molecule has 2 amide bonds. The Morgan fingerprint density at radius 1 is 0.403 bits per heavy atom. The van der Waals surface area contributed by atoms with Gasteiger partial charge in [0.05, 0.1) is 11.4 Å². The van der Waals surface area contributed by atoms with Gasteiger partial charge in [0.25, 0.3) is 11.8 Å². The summed E-state index contributed by atoms with van der Waals surface area (Å²) in [6.45, 7) is 52.5. The summed E-state index contributed by atoms with van der Waals surface area (Å²) in [4.78, 5) is 73.8. The molecule has 3 aromatic rings. The topological polar surface area (TPSA) is 150 Å². The van der Waals surface area contributed by atoms with Crippen molar-refractivity contribution < 1.29 is 52.4 Å². The second-order valence-electron chi connectivity index (χ2n) is 29.9. The Hall–Kier alpha value is -5.79. The highest BCUT2D eigenvalue weighted by atomic mass is 16.7. The third-order valence-corrected chi connectivity index (χ3v) is 12.7. The third-order valence-electron chi connectivity index (χ3n) is 12.7. The summed E-state index contributed by atoms with van der Waals surface area (Å²) >= 11 is 0. The normalized spacial score (nSPS) is 14.7. The Morgan fingerprint density at radius 3 is 0.831 bits per heavy atom. The molecular weight excluding hydrogens is 975 g/mol. The Labute approximate surface area is 462 Å². The lowest BCUT2D eigenvalue weighted by molar-refractivity contribution is -0.127. The van der Waals surface area contributed by atoms with E-state index < -0.39 is 85.5 Å². The monoisotopic (exact) mass is 1070 g/mol. The SMILES string of the molecule is CN(CCC1C(=O)N(c2cc(C(C)(C)C)c(OC(=O)OC(C)(C)C)c(C(C)(C)C)c2)N(c2cc(C(C)(C)C)c(OC(=O)OC(C)(C)C)c(C(C)(C)C)c2)C1=O)c1cc(C(C)(C)C)c(OC(=O)OC(C)(C)C)c(C(C)(C)C)c1. The number of hydrogen-bond donors (Lipinski definition) is 0. The number of anilines is 3. The van der Waals surface area contributed by atoms with Crippen molar-refractivity contribution in [3.8, 4) is 17.2 Å². The predicted octanol–water partition coefficient (Wildman–Crippen LogP) is 15.9. The molecule has 4 rings (SSSR count). The van der Waals surface area contributed by atoms with Crippen molar-refractivity contribution in [1.29, 1.82) is 0 Å². The molecule has 0 saturated carbocycles. The van der Waals surface area contributed by atoms with Gasteiger partial charge in [0.1, 0.15) is 40.0 Å². The summed E-state index contributed by atoms with van der Waals surface area (Å²) in [5, 5.41) is 2.91. The fraction of sp³-hybridized carbons (Fsp3) is 0.635. The van der Waals surface area contributed by atoms with Crippen molar-refractivity contribution in [1.82, 2.24) is 0 Å². The van der Waals surface area contributed by atoms with Gasteiger partial charge in [-0.15, -0.1) is 0 Å². The lowest BCUT2D eigenvalue weighted by Gasteiger charge is -2.35. The first kappa shape index (κ1) is 63.7. The van der Waals surface area contributed by atoms with Crippen LogP contribution in [0.15, 0.2) is 36.4 Å². The number of hydrazine groups is 1. The van der Waals surface area contributed by atoms with Gasteiger partial charge in [-0.25, -0.2) is 24.4 Å². The van der Waals surface area contributed by atoms with Crippen LogP contribution in [0.25, 0.3) is 0 Å². The van der Waals surface area contributed by atoms with Gasteiger partial charge >= 0.3 is 18.5 Å². The summed E-state index contributed by atoms with van der Waals surface area (Å²) in [6, 6.07) is 11.3. The van der Waals surface area contributed by atoms with Crippen LogP contribution < -0.4 is 29.1 Å². The highest BCUT2D eigenvalue weighted by Gasteiger charge is 2.49. The fourth-order valence-corrected chi connectivity index (χ4v) is 8.82. The van der Waals surface area contributed by atoms with Crippen LogP contribution in [0.4, 0.5) is 31.4 Å². The highest BCUT2D eigenvalue weighted by molar-refractivity contribution is 6.23. The molecule has 428 valence electrons. The first-order valence-electron chi connectivity index (χ1n) is 27.0. The van der Waals surface area contributed by atoms with E-state index in [4.69, 9.17) is 28.4 Å². The number of carbonyl (C=O) groups excluding carboxylic acids is 5. The quantitative estimate of drug-likeness (QED) is 0.0868. The molecule has 0 N–H and O–H groups in total. The molecule has 1 aliphatic heterocycles. The summed E-state index contributed by atoms with van der Waals surface area (Å²) < 4.78 is 35.4. The van der Waals surface area contributed by atoms with E-state index in [0.29, 0.717) is 50.9 Å². The third kappa shape index (κ3) is 16.2. The molecule has 1 fully saturated rings. The van der Waals surface area contributed by atoms with Gasteiger partial charge in [-0.1, -0.05) is 125 Å². The van der Waals surface area contributed by atoms with Crippen LogP contribution in [0.5, 0.6) is 17.2 Å². The molecule has 14 nitrogen and oxygen atoms in total. The minimum absolute atomic E-state index is 0.114. The first-order valence-corrected chi connectivity index (χ1v) is 27.0. The second-order valence-corrected chi connectivity index (χ2v) is 29.9. The average molecular weight is 1070 g/mol. The van der Waals surface area contributed by atoms with E-state index in [1.165, 1.54) is 10.0 Å². The van der Waals surface area contributed by atoms with Crippen LogP contribution in [0.3, 0.4) is 0 Å². The number of nitrogens with zero attached hydrogens (tertiary/aromatic N) is 3. The van der Waals surface area contributed by atoms with Crippen molar-refractivity contribution in [3.63, 3.8) is 0 Å². The molecule has 0 aliphatic carbocycles. The number of ether oxygens (including phenoxy) is 6. The van der Waals surface area contributed by atoms with E-state index in [1.807, 2.05) is 131 Å². The Balaban J connectivity index is 2.06. The Kier molecular flexibility index (Phi) is 17.8. The molecule has 77 heavy (non-hydrogen) atoms. The standard InChI is InChI=1S/C63H95N3O11/c1-55(2,3)41-31-37(32-42(56(4,5)6)47(41)72-52(69)75-61(19,20)21)64(28)30-29-40-50(67)65(38-33-43(57(7,8)9)48(44(34-38)58(10,11)12)73-53(70)76-62(22,23)24)66(51(40)68)39-35-45(59(13,14)15)49(46(36-39)60(16,17)18)74-54(71)77-63(25,26)27/h31-36,40H,29-30H2,1-28H3. The fourth-order valence-electron chi connectivity index (χ4n) is 8.82. The number of carbonyl (C=O) groups is 5. The smallest absolute Gasteiger partial charge is 0.428 e. The maximum Gasteiger partial charge on any atom is 0.514 e. The zero-order chi connectivity index (χ0) is 59.5. The molecule has 3 aromatic carbocycles. The molecule has 0 spiro atoms. The van der Waals surface area contributed by atoms with E-state index in [-0.39, 0.29) is 13.0 Å². The number of hydrogen-bond acceptors (Lipinski definition) is 12. The molecule has 0 radical (unpaired) electrons. The van der Waals surface area contributed by atoms with Gasteiger partial charge < -0.3 is 33.3 Å². The highest BCUT2D eigenvalue weighted by Crippen LogP contribution is 2.49. The van der Waals surface area contributed by atoms with Gasteiger partial charge in [-0.05, 0) is 138 Å². The van der Waals surface area contributed by atoms with E-state index in [1.54, 1.807) is 62.3 Å². The molecule has 1 saturated heterocycles. The van der Waals surface area contributed by atoms with Crippen molar-refractivity contribution in [2.75, 3.05) is 28.5 Å². The van der Waals surface area contributed by atoms with Crippen molar-refractivity contribution >= 4 is 47.3 Å². The summed E-state index contributed by atoms with van der Waals surface area (Å²) in [5.74, 6) is -1.03. The maximum atomic E-state index is 15.7. The van der Waals surface area contributed by atoms with E-state index in [0.717, 1.165) is 16.8 Å². The molecule has 0 aromatic heterocycles. The van der Waals surface area contributed by atoms with Crippen LogP contribution in [-0.2, 0) is 56.3 Å².